The molecule has 0 heterocycles. The molecule has 2 unspecified atom stereocenters. The Morgan fingerprint density at radius 1 is 1.00 bits per heavy atom. The molecule has 1 rings (SSSR count). The standard InChI is InChI=1S/C6H6N.2C3H6O3.Cd/c7-6-4-2-1-3-5-6;2*1-2(4)3(5)6;/h1-5,7H;2*2,4H,1H3,(H,5,6);/q-1;;;+2/p-2. The summed E-state index contributed by atoms with van der Waals surface area (Å²) in [6.45, 7) is 2.27. The number of hydrogen-bond acceptors (Lipinski definition) is 6. The van der Waals surface area contributed by atoms with Gasteiger partial charge in [-0.25, -0.2) is 0 Å². The zero-order valence-electron chi connectivity index (χ0n) is 11.3. The summed E-state index contributed by atoms with van der Waals surface area (Å²) in [7, 11) is 0. The SMILES string of the molecule is CC(O)C(=O)[O-].CC(O)C(=O)[O-].[Cd+2].[NH-]c1ccccc1. The molecule has 7 nitrogen and oxygen atoms in total. The molecule has 8 heteroatoms. The van der Waals surface area contributed by atoms with Crippen molar-refractivity contribution in [1.82, 2.24) is 0 Å². The van der Waals surface area contributed by atoms with E-state index in [1.165, 1.54) is 0 Å². The minimum absolute atomic E-state index is 0. The van der Waals surface area contributed by atoms with Gasteiger partial charge in [0.1, 0.15) is 0 Å². The second kappa shape index (κ2) is 14.2. The summed E-state index contributed by atoms with van der Waals surface area (Å²) in [5.74, 6) is -2.87. The van der Waals surface area contributed by atoms with Crippen LogP contribution in [0.25, 0.3) is 5.73 Å². The van der Waals surface area contributed by atoms with Gasteiger partial charge in [-0.2, -0.15) is 0 Å². The number of aliphatic carboxylic acids is 2. The Bertz CT molecular complexity index is 351. The van der Waals surface area contributed by atoms with Gasteiger partial charge in [0.15, 0.2) is 0 Å². The minimum atomic E-state index is -1.44. The van der Waals surface area contributed by atoms with Gasteiger partial charge in [0.05, 0.1) is 24.1 Å². The van der Waals surface area contributed by atoms with Crippen molar-refractivity contribution in [2.45, 2.75) is 26.1 Å². The summed E-state index contributed by atoms with van der Waals surface area (Å²) in [6.07, 6.45) is -2.69. The van der Waals surface area contributed by atoms with Crippen LogP contribution in [0.3, 0.4) is 0 Å². The Hall–Kier alpha value is -1.20. The van der Waals surface area contributed by atoms with Gasteiger partial charge in [-0.3, -0.25) is 0 Å². The van der Waals surface area contributed by atoms with Crippen LogP contribution in [0, 0.1) is 0 Å². The normalized spacial score (nSPS) is 11.2. The molecule has 0 aliphatic carbocycles. The zero-order chi connectivity index (χ0) is 15.4. The third-order valence-corrected chi connectivity index (χ3v) is 1.46. The van der Waals surface area contributed by atoms with E-state index in [2.05, 4.69) is 0 Å². The molecule has 2 atom stereocenters. The van der Waals surface area contributed by atoms with Crippen LogP contribution in [0.1, 0.15) is 13.8 Å². The maximum Gasteiger partial charge on any atom is 2.00 e. The van der Waals surface area contributed by atoms with E-state index >= 15 is 0 Å². The molecule has 0 amide bonds. The van der Waals surface area contributed by atoms with Crippen molar-refractivity contribution in [1.29, 1.82) is 0 Å². The minimum Gasteiger partial charge on any atom is -0.699 e. The van der Waals surface area contributed by atoms with E-state index in [0.29, 0.717) is 5.69 Å². The molecule has 0 saturated heterocycles. The summed E-state index contributed by atoms with van der Waals surface area (Å²) >= 11 is 0. The summed E-state index contributed by atoms with van der Waals surface area (Å²) in [4.78, 5) is 18.7. The van der Waals surface area contributed by atoms with Crippen LogP contribution in [0.4, 0.5) is 5.69 Å². The van der Waals surface area contributed by atoms with Gasteiger partial charge in [-0.15, -0.1) is 5.69 Å². The van der Waals surface area contributed by atoms with E-state index in [4.69, 9.17) is 15.9 Å². The molecule has 108 valence electrons. The number of nitrogens with one attached hydrogen (secondary N) is 1. The monoisotopic (exact) mass is 384 g/mol. The van der Waals surface area contributed by atoms with E-state index in [1.807, 2.05) is 18.2 Å². The first-order chi connectivity index (χ1) is 8.68. The average molecular weight is 383 g/mol. The summed E-state index contributed by atoms with van der Waals surface area (Å²) < 4.78 is 0. The molecule has 0 spiro atoms. The van der Waals surface area contributed by atoms with Gasteiger partial charge in [-0.1, -0.05) is 30.3 Å². The van der Waals surface area contributed by atoms with Crippen molar-refractivity contribution >= 4 is 17.6 Å². The van der Waals surface area contributed by atoms with Gasteiger partial charge in [0.25, 0.3) is 0 Å². The first-order valence-corrected chi connectivity index (χ1v) is 5.23. The van der Waals surface area contributed by atoms with Crippen molar-refractivity contribution in [3.8, 4) is 0 Å². The number of carbonyl (C=O) groups excluding carboxylic acids is 2. The van der Waals surface area contributed by atoms with E-state index < -0.39 is 24.1 Å². The number of rotatable bonds is 2. The molecule has 0 fully saturated rings. The Balaban J connectivity index is -0.000000213. The molecular formula is C12H16CdNO6-. The van der Waals surface area contributed by atoms with Gasteiger partial charge in [0.2, 0.25) is 0 Å². The molecule has 20 heavy (non-hydrogen) atoms. The van der Waals surface area contributed by atoms with E-state index in [0.717, 1.165) is 13.8 Å². The maximum absolute atomic E-state index is 9.34. The number of hydrogen-bond donors (Lipinski definition) is 2. The average Bonchev–Trinajstić information content (AvgIpc) is 2.31. The molecule has 0 aliphatic rings. The number of aliphatic hydroxyl groups excluding tert-OH is 2. The number of carboxylic acid groups (broad SMARTS) is 2. The molecule has 1 aromatic rings. The predicted octanol–water partition coefficient (Wildman–Crippen LogP) is -1.40. The van der Waals surface area contributed by atoms with E-state index in [-0.39, 0.29) is 27.3 Å². The Labute approximate surface area is 137 Å². The molecule has 3 N–H and O–H groups in total. The topological polar surface area (TPSA) is 145 Å². The summed E-state index contributed by atoms with van der Waals surface area (Å²) in [6, 6.07) is 9.10. The maximum atomic E-state index is 9.34. The van der Waals surface area contributed by atoms with Crippen molar-refractivity contribution in [2.75, 3.05) is 0 Å². The number of carbonyl (C=O) groups is 2. The van der Waals surface area contributed by atoms with Crippen molar-refractivity contribution in [3.63, 3.8) is 0 Å². The number of carboxylic acids is 2. The van der Waals surface area contributed by atoms with Gasteiger partial charge in [0, 0.05) is 0 Å². The van der Waals surface area contributed by atoms with E-state index in [1.54, 1.807) is 12.1 Å². The van der Waals surface area contributed by atoms with Crippen LogP contribution in [-0.4, -0.2) is 34.4 Å². The van der Waals surface area contributed by atoms with Crippen LogP contribution in [0.5, 0.6) is 0 Å². The fourth-order valence-electron chi connectivity index (χ4n) is 0.438. The van der Waals surface area contributed by atoms with Crippen LogP contribution in [0.15, 0.2) is 30.3 Å². The third kappa shape index (κ3) is 19.1. The largest absolute Gasteiger partial charge is 2.00 e. The second-order valence-electron chi connectivity index (χ2n) is 3.36. The molecule has 1 aromatic carbocycles. The Morgan fingerprint density at radius 3 is 1.35 bits per heavy atom. The molecule has 0 radical (unpaired) electrons. The number of benzene rings is 1. The van der Waals surface area contributed by atoms with Crippen LogP contribution < -0.4 is 10.2 Å². The van der Waals surface area contributed by atoms with Crippen LogP contribution in [-0.2, 0) is 36.9 Å². The van der Waals surface area contributed by atoms with Crippen LogP contribution >= 0.6 is 0 Å². The third-order valence-electron chi connectivity index (χ3n) is 1.46. The van der Waals surface area contributed by atoms with Crippen molar-refractivity contribution < 1.29 is 57.3 Å². The Kier molecular flexibility index (Phi) is 17.0. The van der Waals surface area contributed by atoms with Gasteiger partial charge in [-0.05, 0) is 13.8 Å². The molecular weight excluding hydrogens is 367 g/mol. The Morgan fingerprint density at radius 2 is 1.25 bits per heavy atom. The summed E-state index contributed by atoms with van der Waals surface area (Å²) in [5.41, 5.74) is 7.57. The molecule has 0 bridgehead atoms. The zero-order valence-corrected chi connectivity index (χ0v) is 15.3. The smallest absolute Gasteiger partial charge is 0.699 e. The fourth-order valence-corrected chi connectivity index (χ4v) is 0.438. The molecule has 0 aromatic heterocycles. The van der Waals surface area contributed by atoms with Crippen LogP contribution in [0.2, 0.25) is 0 Å². The molecule has 0 aliphatic heterocycles. The quantitative estimate of drug-likeness (QED) is 0.602. The van der Waals surface area contributed by atoms with Gasteiger partial charge >= 0.3 is 27.3 Å². The fraction of sp³-hybridized carbons (Fsp3) is 0.333. The first-order valence-electron chi connectivity index (χ1n) is 5.23. The van der Waals surface area contributed by atoms with Crippen molar-refractivity contribution in [3.05, 3.63) is 36.1 Å². The summed E-state index contributed by atoms with van der Waals surface area (Å²) in [5, 5.41) is 34.6. The second-order valence-corrected chi connectivity index (χ2v) is 3.36. The number of aliphatic hydroxyl groups is 2. The molecule has 0 saturated carbocycles. The van der Waals surface area contributed by atoms with E-state index in [9.17, 15) is 19.8 Å². The predicted molar refractivity (Wildman–Crippen MR) is 63.8 cm³/mol. The first kappa shape index (κ1) is 23.9. The van der Waals surface area contributed by atoms with Gasteiger partial charge < -0.3 is 35.7 Å². The van der Waals surface area contributed by atoms with Crippen molar-refractivity contribution in [2.24, 2.45) is 0 Å².